The number of aliphatic hydroxyl groups is 1. The van der Waals surface area contributed by atoms with Crippen LogP contribution in [0, 0.1) is 0 Å². The molecule has 26 heavy (non-hydrogen) atoms. The first-order chi connectivity index (χ1) is 12.7. The molecule has 0 amide bonds. The Morgan fingerprint density at radius 1 is 1.27 bits per heavy atom. The van der Waals surface area contributed by atoms with Gasteiger partial charge in [0, 0.05) is 37.2 Å². The Morgan fingerprint density at radius 3 is 2.85 bits per heavy atom. The van der Waals surface area contributed by atoms with Crippen LogP contribution in [-0.4, -0.2) is 38.3 Å². The molecule has 3 aromatic heterocycles. The third-order valence-corrected chi connectivity index (χ3v) is 4.68. The van der Waals surface area contributed by atoms with Gasteiger partial charge in [0.25, 0.3) is 0 Å². The van der Waals surface area contributed by atoms with Gasteiger partial charge in [-0.15, -0.1) is 11.3 Å². The molecule has 0 radical (unpaired) electrons. The van der Waals surface area contributed by atoms with E-state index in [-0.39, 0.29) is 0 Å². The van der Waals surface area contributed by atoms with E-state index in [1.807, 2.05) is 25.3 Å². The van der Waals surface area contributed by atoms with E-state index in [2.05, 4.69) is 26.5 Å². The zero-order valence-corrected chi connectivity index (χ0v) is 15.4. The second-order valence-corrected chi connectivity index (χ2v) is 6.64. The Labute approximate surface area is 156 Å². The first-order valence-electron chi connectivity index (χ1n) is 8.38. The third-order valence-electron chi connectivity index (χ3n) is 3.61. The molecule has 0 spiro atoms. The predicted octanol–water partition coefficient (Wildman–Crippen LogP) is 3.85. The Hall–Kier alpha value is -2.64. The van der Waals surface area contributed by atoms with Crippen molar-refractivity contribution in [3.05, 3.63) is 49.2 Å². The molecule has 134 valence electrons. The van der Waals surface area contributed by atoms with E-state index in [0.717, 1.165) is 45.3 Å². The van der Waals surface area contributed by atoms with Crippen molar-refractivity contribution < 1.29 is 9.84 Å². The summed E-state index contributed by atoms with van der Waals surface area (Å²) in [5.41, 5.74) is 3.50. The van der Waals surface area contributed by atoms with Gasteiger partial charge in [0.05, 0.1) is 17.7 Å². The molecule has 4 rings (SSSR count). The van der Waals surface area contributed by atoms with E-state index < -0.39 is 0 Å². The van der Waals surface area contributed by atoms with Crippen LogP contribution in [0.25, 0.3) is 26.7 Å². The van der Waals surface area contributed by atoms with E-state index in [1.165, 1.54) is 0 Å². The van der Waals surface area contributed by atoms with Crippen molar-refractivity contribution in [1.29, 1.82) is 0 Å². The molecule has 0 saturated heterocycles. The predicted molar refractivity (Wildman–Crippen MR) is 103 cm³/mol. The summed E-state index contributed by atoms with van der Waals surface area (Å²) in [6.07, 6.45) is 8.75. The number of ether oxygens (including phenoxy) is 1. The number of fused-ring (bicyclic) bond motifs is 1. The zero-order chi connectivity index (χ0) is 18.4. The van der Waals surface area contributed by atoms with Crippen LogP contribution in [0.3, 0.4) is 0 Å². The smallest absolute Gasteiger partial charge is 0.240 e. The lowest BCUT2D eigenvalue weighted by molar-refractivity contribution is 0.295. The lowest BCUT2D eigenvalue weighted by atomic mass is 10.1. The van der Waals surface area contributed by atoms with Crippen molar-refractivity contribution >= 4 is 16.9 Å². The average Bonchev–Trinajstić information content (AvgIpc) is 3.19. The van der Waals surface area contributed by atoms with Gasteiger partial charge < -0.3 is 9.84 Å². The molecule has 0 aliphatic carbocycles. The Balaban J connectivity index is 0.000000447. The minimum Gasteiger partial charge on any atom is -0.476 e. The number of thiazole rings is 1. The maximum atomic E-state index is 7.88. The molecule has 0 atom stereocenters. The van der Waals surface area contributed by atoms with Crippen molar-refractivity contribution in [3.63, 3.8) is 0 Å². The first-order valence-corrected chi connectivity index (χ1v) is 9.20. The molecule has 1 aliphatic heterocycles. The van der Waals surface area contributed by atoms with Gasteiger partial charge in [-0.1, -0.05) is 13.5 Å². The van der Waals surface area contributed by atoms with E-state index in [0.29, 0.717) is 19.1 Å². The second kappa shape index (κ2) is 8.64. The van der Waals surface area contributed by atoms with Gasteiger partial charge in [-0.25, -0.2) is 15.0 Å². The maximum Gasteiger partial charge on any atom is 0.240 e. The lowest BCUT2D eigenvalue weighted by Crippen LogP contribution is -2.10. The number of nitrogens with zero attached hydrogens (tertiary/aromatic N) is 4. The number of hydrogen-bond acceptors (Lipinski definition) is 7. The summed E-state index contributed by atoms with van der Waals surface area (Å²) in [5.74, 6) is 0.567. The van der Waals surface area contributed by atoms with Gasteiger partial charge in [0.15, 0.2) is 0 Å². The molecule has 0 fully saturated rings. The molecule has 7 heteroatoms. The highest BCUT2D eigenvalue weighted by molar-refractivity contribution is 7.18. The van der Waals surface area contributed by atoms with Crippen LogP contribution in [0.15, 0.2) is 43.5 Å². The van der Waals surface area contributed by atoms with Gasteiger partial charge in [0.2, 0.25) is 5.88 Å². The van der Waals surface area contributed by atoms with E-state index >= 15 is 0 Å². The second-order valence-electron chi connectivity index (χ2n) is 5.61. The normalized spacial score (nSPS) is 12.6. The van der Waals surface area contributed by atoms with Crippen LogP contribution < -0.4 is 4.74 Å². The van der Waals surface area contributed by atoms with E-state index in [1.54, 1.807) is 29.9 Å². The summed E-state index contributed by atoms with van der Waals surface area (Å²) >= 11 is 1.57. The molecule has 0 aromatic carbocycles. The fraction of sp³-hybridized carbons (Fsp3) is 0.263. The van der Waals surface area contributed by atoms with Crippen LogP contribution in [0.1, 0.15) is 25.5 Å². The fourth-order valence-electron chi connectivity index (χ4n) is 2.24. The Bertz CT molecular complexity index is 878. The maximum absolute atomic E-state index is 7.88. The highest BCUT2D eigenvalue weighted by Gasteiger charge is 2.18. The average molecular weight is 368 g/mol. The van der Waals surface area contributed by atoms with E-state index in [4.69, 9.17) is 9.84 Å². The van der Waals surface area contributed by atoms with Crippen LogP contribution in [0.5, 0.6) is 5.88 Å². The summed E-state index contributed by atoms with van der Waals surface area (Å²) in [4.78, 5) is 18.5. The SMILES string of the molecule is C=C1CCOc2ncc(-c3cnc(-c4cccnc4)s3)nc21.CCCO. The largest absolute Gasteiger partial charge is 0.476 e. The monoisotopic (exact) mass is 368 g/mol. The van der Waals surface area contributed by atoms with Gasteiger partial charge in [0.1, 0.15) is 16.4 Å². The van der Waals surface area contributed by atoms with Crippen LogP contribution in [0.4, 0.5) is 0 Å². The molecule has 6 nitrogen and oxygen atoms in total. The summed E-state index contributed by atoms with van der Waals surface area (Å²) in [6, 6.07) is 3.89. The standard InChI is InChI=1S/C16H12N4OS.C3H8O/c1-10-4-6-21-15-14(10)20-12(8-18-15)13-9-19-16(22-13)11-3-2-5-17-7-11;1-2-3-4/h2-3,5,7-9H,1,4,6H2;4H,2-3H2,1H3. The zero-order valence-electron chi connectivity index (χ0n) is 14.6. The van der Waals surface area contributed by atoms with Crippen LogP contribution in [0.2, 0.25) is 0 Å². The molecule has 0 bridgehead atoms. The number of rotatable bonds is 3. The highest BCUT2D eigenvalue weighted by atomic mass is 32.1. The van der Waals surface area contributed by atoms with Crippen molar-refractivity contribution in [2.45, 2.75) is 19.8 Å². The molecule has 3 aromatic rings. The Kier molecular flexibility index (Phi) is 6.04. The summed E-state index contributed by atoms with van der Waals surface area (Å²) in [7, 11) is 0. The number of pyridine rings is 1. The van der Waals surface area contributed by atoms with Crippen molar-refractivity contribution in [2.75, 3.05) is 13.2 Å². The minimum absolute atomic E-state index is 0.319. The quantitative estimate of drug-likeness (QED) is 0.756. The first kappa shape index (κ1) is 18.2. The van der Waals surface area contributed by atoms with Crippen molar-refractivity contribution in [2.24, 2.45) is 0 Å². The summed E-state index contributed by atoms with van der Waals surface area (Å²) in [5, 5.41) is 8.79. The van der Waals surface area contributed by atoms with Crippen LogP contribution >= 0.6 is 11.3 Å². The van der Waals surface area contributed by atoms with Gasteiger partial charge in [-0.05, 0) is 24.1 Å². The van der Waals surface area contributed by atoms with Gasteiger partial charge >= 0.3 is 0 Å². The molecule has 4 heterocycles. The highest BCUT2D eigenvalue weighted by Crippen LogP contribution is 2.34. The Morgan fingerprint density at radius 2 is 2.12 bits per heavy atom. The molecular formula is C19H20N4O2S. The van der Waals surface area contributed by atoms with E-state index in [9.17, 15) is 0 Å². The lowest BCUT2D eigenvalue weighted by Gasteiger charge is -2.17. The van der Waals surface area contributed by atoms with Gasteiger partial charge in [-0.3, -0.25) is 4.98 Å². The number of hydrogen-bond donors (Lipinski definition) is 1. The fourth-order valence-corrected chi connectivity index (χ4v) is 3.10. The summed E-state index contributed by atoms with van der Waals surface area (Å²) in [6.45, 7) is 6.91. The molecule has 1 N–H and O–H groups in total. The third kappa shape index (κ3) is 4.12. The molecule has 1 aliphatic rings. The van der Waals surface area contributed by atoms with Crippen molar-refractivity contribution in [1.82, 2.24) is 19.9 Å². The summed E-state index contributed by atoms with van der Waals surface area (Å²) < 4.78 is 5.50. The number of aromatic nitrogens is 4. The number of aliphatic hydroxyl groups excluding tert-OH is 1. The topological polar surface area (TPSA) is 81.0 Å². The van der Waals surface area contributed by atoms with Crippen molar-refractivity contribution in [3.8, 4) is 27.0 Å². The van der Waals surface area contributed by atoms with Crippen LogP contribution in [-0.2, 0) is 0 Å². The minimum atomic E-state index is 0.319. The van der Waals surface area contributed by atoms with Gasteiger partial charge in [-0.2, -0.15) is 0 Å². The molecule has 0 saturated carbocycles. The molecular weight excluding hydrogens is 348 g/mol. The molecule has 0 unspecified atom stereocenters.